The highest BCUT2D eigenvalue weighted by Gasteiger charge is 2.19. The molecule has 0 spiro atoms. The fourth-order valence-electron chi connectivity index (χ4n) is 2.00. The standard InChI is InChI=1S/C10H18N4S/c1-3-8-9(11)10(13(2)12-8)14-4-6-15-7-5-14/h3-7,11H2,1-2H3. The first-order valence-electron chi connectivity index (χ1n) is 5.38. The van der Waals surface area contributed by atoms with Gasteiger partial charge in [-0.25, -0.2) is 0 Å². The minimum atomic E-state index is 0.868. The molecule has 1 aliphatic heterocycles. The van der Waals surface area contributed by atoms with Crippen LogP contribution in [-0.4, -0.2) is 34.4 Å². The summed E-state index contributed by atoms with van der Waals surface area (Å²) < 4.78 is 1.92. The molecule has 84 valence electrons. The van der Waals surface area contributed by atoms with Gasteiger partial charge in [0, 0.05) is 31.6 Å². The number of nitrogen functional groups attached to an aromatic ring is 1. The summed E-state index contributed by atoms with van der Waals surface area (Å²) in [6, 6.07) is 0. The third kappa shape index (κ3) is 1.93. The Balaban J connectivity index is 2.29. The van der Waals surface area contributed by atoms with E-state index in [0.29, 0.717) is 0 Å². The molecule has 1 fully saturated rings. The molecule has 0 radical (unpaired) electrons. The quantitative estimate of drug-likeness (QED) is 0.821. The van der Waals surface area contributed by atoms with Crippen molar-refractivity contribution in [2.24, 2.45) is 7.05 Å². The van der Waals surface area contributed by atoms with E-state index in [9.17, 15) is 0 Å². The molecule has 4 nitrogen and oxygen atoms in total. The van der Waals surface area contributed by atoms with Gasteiger partial charge in [0.25, 0.3) is 0 Å². The number of rotatable bonds is 2. The molecule has 5 heteroatoms. The second-order valence-electron chi connectivity index (χ2n) is 3.76. The highest BCUT2D eigenvalue weighted by molar-refractivity contribution is 7.99. The predicted octanol–water partition coefficient (Wildman–Crippen LogP) is 1.12. The molecule has 1 aromatic rings. The molecule has 1 aromatic heterocycles. The molecule has 1 saturated heterocycles. The second-order valence-corrected chi connectivity index (χ2v) is 4.99. The Bertz CT molecular complexity index is 341. The molecule has 0 bridgehead atoms. The van der Waals surface area contributed by atoms with Gasteiger partial charge in [0.2, 0.25) is 0 Å². The maximum atomic E-state index is 6.11. The Kier molecular flexibility index (Phi) is 3.09. The van der Waals surface area contributed by atoms with Crippen molar-refractivity contribution in [3.05, 3.63) is 5.69 Å². The Labute approximate surface area is 94.8 Å². The van der Waals surface area contributed by atoms with Crippen molar-refractivity contribution in [3.8, 4) is 0 Å². The summed E-state index contributed by atoms with van der Waals surface area (Å²) in [6.45, 7) is 4.25. The highest BCUT2D eigenvalue weighted by Crippen LogP contribution is 2.28. The van der Waals surface area contributed by atoms with E-state index in [1.807, 2.05) is 23.5 Å². The molecular formula is C10H18N4S. The topological polar surface area (TPSA) is 47.1 Å². The minimum Gasteiger partial charge on any atom is -0.394 e. The van der Waals surface area contributed by atoms with Crippen molar-refractivity contribution >= 4 is 23.3 Å². The SMILES string of the molecule is CCc1nn(C)c(N2CCSCC2)c1N. The zero-order chi connectivity index (χ0) is 10.8. The number of aromatic nitrogens is 2. The fourth-order valence-corrected chi connectivity index (χ4v) is 2.90. The number of thioether (sulfide) groups is 1. The zero-order valence-corrected chi connectivity index (χ0v) is 10.2. The van der Waals surface area contributed by atoms with Crippen LogP contribution in [0.15, 0.2) is 0 Å². The van der Waals surface area contributed by atoms with Crippen molar-refractivity contribution in [1.82, 2.24) is 9.78 Å². The average Bonchev–Trinajstić information content (AvgIpc) is 2.55. The molecule has 1 aliphatic rings. The lowest BCUT2D eigenvalue weighted by atomic mass is 10.3. The fraction of sp³-hybridized carbons (Fsp3) is 0.700. The zero-order valence-electron chi connectivity index (χ0n) is 9.36. The van der Waals surface area contributed by atoms with Gasteiger partial charge in [-0.15, -0.1) is 0 Å². The summed E-state index contributed by atoms with van der Waals surface area (Å²) >= 11 is 2.01. The van der Waals surface area contributed by atoms with E-state index in [2.05, 4.69) is 16.9 Å². The largest absolute Gasteiger partial charge is 0.394 e. The summed E-state index contributed by atoms with van der Waals surface area (Å²) in [5, 5.41) is 4.45. The first kappa shape index (κ1) is 10.7. The monoisotopic (exact) mass is 226 g/mol. The molecule has 0 amide bonds. The molecule has 2 N–H and O–H groups in total. The number of nitrogens with zero attached hydrogens (tertiary/aromatic N) is 3. The number of anilines is 2. The molecule has 0 saturated carbocycles. The third-order valence-electron chi connectivity index (χ3n) is 2.77. The number of nitrogens with two attached hydrogens (primary N) is 1. The van der Waals surface area contributed by atoms with E-state index in [1.165, 1.54) is 11.5 Å². The molecule has 0 aromatic carbocycles. The van der Waals surface area contributed by atoms with Crippen molar-refractivity contribution in [2.45, 2.75) is 13.3 Å². The summed E-state index contributed by atoms with van der Waals surface area (Å²) in [7, 11) is 1.98. The number of hydrogen-bond donors (Lipinski definition) is 1. The Morgan fingerprint density at radius 1 is 1.40 bits per heavy atom. The summed E-state index contributed by atoms with van der Waals surface area (Å²) in [5.74, 6) is 3.48. The van der Waals surface area contributed by atoms with Gasteiger partial charge in [0.15, 0.2) is 0 Å². The predicted molar refractivity (Wildman–Crippen MR) is 66.5 cm³/mol. The number of hydrogen-bond acceptors (Lipinski definition) is 4. The van der Waals surface area contributed by atoms with Crippen LogP contribution >= 0.6 is 11.8 Å². The van der Waals surface area contributed by atoms with Crippen LogP contribution in [0.4, 0.5) is 11.5 Å². The van der Waals surface area contributed by atoms with Crippen LogP contribution in [0.1, 0.15) is 12.6 Å². The summed E-state index contributed by atoms with van der Waals surface area (Å²) in [4.78, 5) is 2.35. The lowest BCUT2D eigenvalue weighted by Crippen LogP contribution is -2.34. The van der Waals surface area contributed by atoms with Crippen molar-refractivity contribution in [3.63, 3.8) is 0 Å². The summed E-state index contributed by atoms with van der Waals surface area (Å²) in [5.41, 5.74) is 8.00. The Hall–Kier alpha value is -0.840. The van der Waals surface area contributed by atoms with Gasteiger partial charge in [-0.05, 0) is 6.42 Å². The minimum absolute atomic E-state index is 0.868. The van der Waals surface area contributed by atoms with Crippen LogP contribution in [0.2, 0.25) is 0 Å². The van der Waals surface area contributed by atoms with Gasteiger partial charge < -0.3 is 10.6 Å². The van der Waals surface area contributed by atoms with Crippen LogP contribution in [0, 0.1) is 0 Å². The first-order valence-corrected chi connectivity index (χ1v) is 6.53. The van der Waals surface area contributed by atoms with Gasteiger partial charge >= 0.3 is 0 Å². The first-order chi connectivity index (χ1) is 7.24. The maximum Gasteiger partial charge on any atom is 0.150 e. The van der Waals surface area contributed by atoms with Crippen LogP contribution in [-0.2, 0) is 13.5 Å². The van der Waals surface area contributed by atoms with Crippen LogP contribution in [0.25, 0.3) is 0 Å². The van der Waals surface area contributed by atoms with E-state index >= 15 is 0 Å². The molecule has 0 atom stereocenters. The van der Waals surface area contributed by atoms with E-state index in [-0.39, 0.29) is 0 Å². The molecule has 0 aliphatic carbocycles. The number of aryl methyl sites for hydroxylation is 2. The van der Waals surface area contributed by atoms with Crippen molar-refractivity contribution in [1.29, 1.82) is 0 Å². The van der Waals surface area contributed by atoms with E-state index in [4.69, 9.17) is 5.73 Å². The van der Waals surface area contributed by atoms with Gasteiger partial charge in [0.1, 0.15) is 5.82 Å². The summed E-state index contributed by atoms with van der Waals surface area (Å²) in [6.07, 6.45) is 0.905. The second kappa shape index (κ2) is 4.35. The van der Waals surface area contributed by atoms with E-state index in [0.717, 1.165) is 36.7 Å². The van der Waals surface area contributed by atoms with E-state index < -0.39 is 0 Å². The van der Waals surface area contributed by atoms with Crippen molar-refractivity contribution in [2.75, 3.05) is 35.2 Å². The maximum absolute atomic E-state index is 6.11. The average molecular weight is 226 g/mol. The van der Waals surface area contributed by atoms with Crippen LogP contribution in [0.5, 0.6) is 0 Å². The highest BCUT2D eigenvalue weighted by atomic mass is 32.2. The normalized spacial score (nSPS) is 17.1. The van der Waals surface area contributed by atoms with E-state index in [1.54, 1.807) is 0 Å². The van der Waals surface area contributed by atoms with Gasteiger partial charge in [-0.2, -0.15) is 16.9 Å². The molecule has 15 heavy (non-hydrogen) atoms. The molecule has 2 rings (SSSR count). The van der Waals surface area contributed by atoms with Crippen LogP contribution in [0.3, 0.4) is 0 Å². The molecular weight excluding hydrogens is 208 g/mol. The van der Waals surface area contributed by atoms with Gasteiger partial charge in [-0.3, -0.25) is 4.68 Å². The third-order valence-corrected chi connectivity index (χ3v) is 3.72. The molecule has 0 unspecified atom stereocenters. The lowest BCUT2D eigenvalue weighted by molar-refractivity contribution is 0.709. The van der Waals surface area contributed by atoms with Gasteiger partial charge in [-0.1, -0.05) is 6.92 Å². The van der Waals surface area contributed by atoms with Crippen LogP contribution < -0.4 is 10.6 Å². The molecule has 2 heterocycles. The van der Waals surface area contributed by atoms with Gasteiger partial charge in [0.05, 0.1) is 11.4 Å². The Morgan fingerprint density at radius 3 is 2.60 bits per heavy atom. The lowest BCUT2D eigenvalue weighted by Gasteiger charge is -2.28. The van der Waals surface area contributed by atoms with Crippen molar-refractivity contribution < 1.29 is 0 Å². The Morgan fingerprint density at radius 2 is 2.07 bits per heavy atom. The smallest absolute Gasteiger partial charge is 0.150 e.